The molecule has 2 rings (SSSR count). The standard InChI is InChI=1S/C11H6BrCl3N2S/c12-9-10(14)16-8(17-11(9)15)5-18-7-3-1-2-6(13)4-7/h1-4H,5H2. The minimum atomic E-state index is 0.316. The van der Waals surface area contributed by atoms with Gasteiger partial charge in [-0.15, -0.1) is 11.8 Å². The lowest BCUT2D eigenvalue weighted by atomic mass is 10.4. The number of aromatic nitrogens is 2. The molecular weight excluding hydrogens is 378 g/mol. The fourth-order valence-electron chi connectivity index (χ4n) is 1.20. The summed E-state index contributed by atoms with van der Waals surface area (Å²) in [5.41, 5.74) is 0. The van der Waals surface area contributed by atoms with Crippen molar-refractivity contribution in [3.8, 4) is 0 Å². The van der Waals surface area contributed by atoms with E-state index in [4.69, 9.17) is 34.8 Å². The number of halogens is 4. The van der Waals surface area contributed by atoms with E-state index in [0.29, 0.717) is 31.4 Å². The van der Waals surface area contributed by atoms with Crippen LogP contribution in [-0.2, 0) is 5.75 Å². The third kappa shape index (κ3) is 3.75. The largest absolute Gasteiger partial charge is 0.219 e. The maximum atomic E-state index is 5.91. The highest BCUT2D eigenvalue weighted by Crippen LogP contribution is 2.29. The van der Waals surface area contributed by atoms with E-state index in [1.165, 1.54) is 0 Å². The Balaban J connectivity index is 2.11. The Bertz CT molecular complexity index is 557. The predicted molar refractivity (Wildman–Crippen MR) is 80.8 cm³/mol. The fourth-order valence-corrected chi connectivity index (χ4v) is 2.87. The van der Waals surface area contributed by atoms with Crippen molar-refractivity contribution < 1.29 is 0 Å². The van der Waals surface area contributed by atoms with Gasteiger partial charge in [0.2, 0.25) is 0 Å². The van der Waals surface area contributed by atoms with Crippen LogP contribution >= 0.6 is 62.5 Å². The van der Waals surface area contributed by atoms with Crippen LogP contribution in [0.1, 0.15) is 5.82 Å². The summed E-state index contributed by atoms with van der Waals surface area (Å²) in [6, 6.07) is 7.58. The highest BCUT2D eigenvalue weighted by Gasteiger charge is 2.09. The molecule has 2 aromatic rings. The molecule has 0 saturated heterocycles. The van der Waals surface area contributed by atoms with Crippen molar-refractivity contribution >= 4 is 62.5 Å². The Morgan fingerprint density at radius 2 is 1.78 bits per heavy atom. The molecule has 0 aliphatic carbocycles. The average Bonchev–Trinajstić information content (AvgIpc) is 2.33. The van der Waals surface area contributed by atoms with Crippen LogP contribution in [-0.4, -0.2) is 9.97 Å². The SMILES string of the molecule is Clc1cccc(SCc2nc(Cl)c(Br)c(Cl)n2)c1. The molecule has 1 heterocycles. The maximum Gasteiger partial charge on any atom is 0.148 e. The Kier molecular flexibility index (Phi) is 5.15. The second kappa shape index (κ2) is 6.44. The van der Waals surface area contributed by atoms with Gasteiger partial charge in [0.25, 0.3) is 0 Å². The predicted octanol–water partition coefficient (Wildman–Crippen LogP) is 5.49. The van der Waals surface area contributed by atoms with Gasteiger partial charge < -0.3 is 0 Å². The summed E-state index contributed by atoms with van der Waals surface area (Å²) in [5, 5.41) is 1.33. The van der Waals surface area contributed by atoms with Crippen molar-refractivity contribution in [3.05, 3.63) is 49.9 Å². The van der Waals surface area contributed by atoms with E-state index >= 15 is 0 Å². The first kappa shape index (κ1) is 14.4. The van der Waals surface area contributed by atoms with Crippen LogP contribution in [0.5, 0.6) is 0 Å². The van der Waals surface area contributed by atoms with Crippen LogP contribution < -0.4 is 0 Å². The number of hydrogen-bond donors (Lipinski definition) is 0. The van der Waals surface area contributed by atoms with Gasteiger partial charge in [-0.25, -0.2) is 9.97 Å². The van der Waals surface area contributed by atoms with Crippen LogP contribution in [0.3, 0.4) is 0 Å². The summed E-state index contributed by atoms with van der Waals surface area (Å²) < 4.78 is 0.516. The van der Waals surface area contributed by atoms with Crippen molar-refractivity contribution in [2.45, 2.75) is 10.6 Å². The molecule has 0 amide bonds. The Morgan fingerprint density at radius 1 is 1.11 bits per heavy atom. The van der Waals surface area contributed by atoms with Crippen LogP contribution in [0.4, 0.5) is 0 Å². The maximum absolute atomic E-state index is 5.91. The van der Waals surface area contributed by atoms with E-state index in [0.717, 1.165) is 4.90 Å². The minimum Gasteiger partial charge on any atom is -0.219 e. The first-order chi connectivity index (χ1) is 8.56. The number of thioether (sulfide) groups is 1. The van der Waals surface area contributed by atoms with Gasteiger partial charge in [0.15, 0.2) is 0 Å². The molecule has 0 aliphatic heterocycles. The first-order valence-electron chi connectivity index (χ1n) is 4.82. The highest BCUT2D eigenvalue weighted by atomic mass is 79.9. The molecule has 0 radical (unpaired) electrons. The topological polar surface area (TPSA) is 25.8 Å². The smallest absolute Gasteiger partial charge is 0.148 e. The van der Waals surface area contributed by atoms with Crippen molar-refractivity contribution in [2.24, 2.45) is 0 Å². The molecule has 0 spiro atoms. The lowest BCUT2D eigenvalue weighted by Crippen LogP contribution is -1.94. The Labute approximate surface area is 132 Å². The third-order valence-corrected chi connectivity index (χ3v) is 4.96. The summed E-state index contributed by atoms with van der Waals surface area (Å²) in [7, 11) is 0. The van der Waals surface area contributed by atoms with Gasteiger partial charge in [0.05, 0.1) is 10.2 Å². The summed E-state index contributed by atoms with van der Waals surface area (Å²) in [4.78, 5) is 9.32. The van der Waals surface area contributed by atoms with Crippen molar-refractivity contribution in [1.29, 1.82) is 0 Å². The lowest BCUT2D eigenvalue weighted by molar-refractivity contribution is 1.02. The molecule has 0 N–H and O–H groups in total. The van der Waals surface area contributed by atoms with Crippen LogP contribution in [0.15, 0.2) is 33.6 Å². The van der Waals surface area contributed by atoms with Gasteiger partial charge in [0, 0.05) is 9.92 Å². The Hall–Kier alpha value is -0.000000000000000167. The monoisotopic (exact) mass is 382 g/mol. The molecule has 0 unspecified atom stereocenters. The molecule has 0 bridgehead atoms. The molecule has 2 nitrogen and oxygen atoms in total. The molecule has 0 saturated carbocycles. The third-order valence-electron chi connectivity index (χ3n) is 1.98. The van der Waals surface area contributed by atoms with Crippen molar-refractivity contribution in [1.82, 2.24) is 9.97 Å². The molecular formula is C11H6BrCl3N2S. The van der Waals surface area contributed by atoms with Crippen LogP contribution in [0.25, 0.3) is 0 Å². The molecule has 1 aromatic heterocycles. The second-order valence-electron chi connectivity index (χ2n) is 3.28. The first-order valence-corrected chi connectivity index (χ1v) is 7.73. The molecule has 7 heteroatoms. The van der Waals surface area contributed by atoms with Crippen molar-refractivity contribution in [2.75, 3.05) is 0 Å². The number of hydrogen-bond acceptors (Lipinski definition) is 3. The van der Waals surface area contributed by atoms with Gasteiger partial charge in [-0.2, -0.15) is 0 Å². The van der Waals surface area contributed by atoms with Crippen molar-refractivity contribution in [3.63, 3.8) is 0 Å². The van der Waals surface area contributed by atoms with E-state index in [2.05, 4.69) is 25.9 Å². The lowest BCUT2D eigenvalue weighted by Gasteiger charge is -2.04. The van der Waals surface area contributed by atoms with E-state index in [-0.39, 0.29) is 0 Å². The number of rotatable bonds is 3. The summed E-state index contributed by atoms with van der Waals surface area (Å²) >= 11 is 22.5. The summed E-state index contributed by atoms with van der Waals surface area (Å²) in [5.74, 6) is 1.16. The van der Waals surface area contributed by atoms with Crippen LogP contribution in [0, 0.1) is 0 Å². The zero-order chi connectivity index (χ0) is 13.1. The second-order valence-corrected chi connectivity index (χ2v) is 6.28. The van der Waals surface area contributed by atoms with E-state index in [1.807, 2.05) is 24.3 Å². The molecule has 0 atom stereocenters. The molecule has 18 heavy (non-hydrogen) atoms. The normalized spacial score (nSPS) is 10.7. The fraction of sp³-hybridized carbons (Fsp3) is 0.0909. The van der Waals surface area contributed by atoms with Gasteiger partial charge >= 0.3 is 0 Å². The average molecular weight is 385 g/mol. The molecule has 94 valence electrons. The number of benzene rings is 1. The van der Waals surface area contributed by atoms with Gasteiger partial charge in [-0.3, -0.25) is 0 Å². The molecule has 0 fully saturated rings. The quantitative estimate of drug-likeness (QED) is 0.517. The summed E-state index contributed by atoms with van der Waals surface area (Å²) in [6.07, 6.45) is 0. The molecule has 1 aromatic carbocycles. The zero-order valence-corrected chi connectivity index (χ0v) is 13.5. The van der Waals surface area contributed by atoms with Gasteiger partial charge in [0.1, 0.15) is 16.1 Å². The zero-order valence-electron chi connectivity index (χ0n) is 8.83. The van der Waals surface area contributed by atoms with Gasteiger partial charge in [-0.1, -0.05) is 40.9 Å². The highest BCUT2D eigenvalue weighted by molar-refractivity contribution is 9.10. The molecule has 0 aliphatic rings. The Morgan fingerprint density at radius 3 is 2.39 bits per heavy atom. The summed E-state index contributed by atoms with van der Waals surface area (Å²) in [6.45, 7) is 0. The van der Waals surface area contributed by atoms with Gasteiger partial charge in [-0.05, 0) is 34.1 Å². The van der Waals surface area contributed by atoms with E-state index < -0.39 is 0 Å². The minimum absolute atomic E-state index is 0.316. The van der Waals surface area contributed by atoms with Crippen LogP contribution in [0.2, 0.25) is 15.3 Å². The number of nitrogens with zero attached hydrogens (tertiary/aromatic N) is 2. The van der Waals surface area contributed by atoms with E-state index in [9.17, 15) is 0 Å². The van der Waals surface area contributed by atoms with E-state index in [1.54, 1.807) is 11.8 Å².